The Labute approximate surface area is 115 Å². The van der Waals surface area contributed by atoms with Gasteiger partial charge in [-0.2, -0.15) is 0 Å². The monoisotopic (exact) mass is 289 g/mol. The van der Waals surface area contributed by atoms with Gasteiger partial charge in [-0.05, 0) is 26.1 Å². The summed E-state index contributed by atoms with van der Waals surface area (Å²) in [6.45, 7) is 2.89. The number of Topliss-reactive ketones (excluding diaryl/α,β-unsaturated/α-hetero) is 1. The lowest BCUT2D eigenvalue weighted by atomic mass is 10.2. The molecule has 0 fully saturated rings. The number of esters is 1. The maximum Gasteiger partial charge on any atom is 0.313 e. The van der Waals surface area contributed by atoms with Crippen molar-refractivity contribution in [3.8, 4) is 0 Å². The molecule has 1 rings (SSSR count). The second-order valence-electron chi connectivity index (χ2n) is 3.90. The van der Waals surface area contributed by atoms with Gasteiger partial charge < -0.3 is 4.74 Å². The summed E-state index contributed by atoms with van der Waals surface area (Å²) < 4.78 is 5.45. The van der Waals surface area contributed by atoms with E-state index in [1.54, 1.807) is 6.92 Å². The maximum atomic E-state index is 11.6. The van der Waals surface area contributed by atoms with Crippen LogP contribution in [-0.2, 0) is 20.9 Å². The predicted octanol–water partition coefficient (Wildman–Crippen LogP) is 2.36. The molecule has 0 unspecified atom stereocenters. The lowest BCUT2D eigenvalue weighted by Crippen LogP contribution is -2.27. The van der Waals surface area contributed by atoms with Gasteiger partial charge in [0.25, 0.3) is 0 Å². The molecule has 1 aromatic heterocycles. The first-order valence-electron chi connectivity index (χ1n) is 5.61. The minimum atomic E-state index is -0.463. The number of hydrogen-bond donors (Lipinski definition) is 0. The Kier molecular flexibility index (Phi) is 6.32. The fourth-order valence-electron chi connectivity index (χ4n) is 1.49. The highest BCUT2D eigenvalue weighted by molar-refractivity contribution is 7.16. The average molecular weight is 290 g/mol. The Morgan fingerprint density at radius 1 is 1.44 bits per heavy atom. The molecule has 0 atom stereocenters. The number of hydrogen-bond acceptors (Lipinski definition) is 5. The molecule has 0 radical (unpaired) electrons. The molecule has 0 amide bonds. The van der Waals surface area contributed by atoms with Crippen LogP contribution in [0.4, 0.5) is 0 Å². The Morgan fingerprint density at radius 2 is 2.17 bits per heavy atom. The number of carbonyl (C=O) groups is 2. The van der Waals surface area contributed by atoms with Gasteiger partial charge in [0, 0.05) is 11.4 Å². The van der Waals surface area contributed by atoms with Crippen LogP contribution in [0.5, 0.6) is 0 Å². The highest BCUT2D eigenvalue weighted by Crippen LogP contribution is 2.22. The highest BCUT2D eigenvalue weighted by Gasteiger charge is 2.13. The molecular weight excluding hydrogens is 274 g/mol. The van der Waals surface area contributed by atoms with E-state index in [0.717, 1.165) is 9.21 Å². The van der Waals surface area contributed by atoms with E-state index in [4.69, 9.17) is 16.3 Å². The summed E-state index contributed by atoms with van der Waals surface area (Å²) in [6, 6.07) is 3.76. The van der Waals surface area contributed by atoms with Crippen LogP contribution in [0, 0.1) is 0 Å². The molecule has 1 aromatic rings. The summed E-state index contributed by atoms with van der Waals surface area (Å²) in [6.07, 6.45) is -0.163. The molecule has 1 heterocycles. The summed E-state index contributed by atoms with van der Waals surface area (Å²) in [5, 5.41) is 0. The molecule has 18 heavy (non-hydrogen) atoms. The van der Waals surface area contributed by atoms with Crippen molar-refractivity contribution in [3.63, 3.8) is 0 Å². The van der Waals surface area contributed by atoms with E-state index in [1.807, 2.05) is 24.1 Å². The van der Waals surface area contributed by atoms with Gasteiger partial charge in [-0.15, -0.1) is 11.3 Å². The quantitative estimate of drug-likeness (QED) is 0.571. The standard InChI is InChI=1S/C12H16ClNO3S/c1-3-17-12(16)6-9(15)7-14(2)8-10-4-5-11(13)18-10/h4-5H,3,6-8H2,1-2H3. The third kappa shape index (κ3) is 5.62. The van der Waals surface area contributed by atoms with E-state index in [2.05, 4.69) is 0 Å². The summed E-state index contributed by atoms with van der Waals surface area (Å²) >= 11 is 7.31. The predicted molar refractivity (Wildman–Crippen MR) is 71.9 cm³/mol. The normalized spacial score (nSPS) is 10.7. The van der Waals surface area contributed by atoms with E-state index in [9.17, 15) is 9.59 Å². The Hall–Kier alpha value is -0.910. The van der Waals surface area contributed by atoms with Gasteiger partial charge in [0.1, 0.15) is 6.42 Å². The highest BCUT2D eigenvalue weighted by atomic mass is 35.5. The summed E-state index contributed by atoms with van der Waals surface area (Å²) in [4.78, 5) is 25.6. The van der Waals surface area contributed by atoms with E-state index in [1.165, 1.54) is 11.3 Å². The fraction of sp³-hybridized carbons (Fsp3) is 0.500. The third-order valence-electron chi connectivity index (χ3n) is 2.15. The van der Waals surface area contributed by atoms with Gasteiger partial charge in [0.05, 0.1) is 17.5 Å². The minimum Gasteiger partial charge on any atom is -0.466 e. The number of carbonyl (C=O) groups excluding carboxylic acids is 2. The zero-order valence-electron chi connectivity index (χ0n) is 10.4. The van der Waals surface area contributed by atoms with Gasteiger partial charge in [0.2, 0.25) is 0 Å². The maximum absolute atomic E-state index is 11.6. The molecule has 0 aliphatic carbocycles. The lowest BCUT2D eigenvalue weighted by molar-refractivity contribution is -0.145. The molecular formula is C12H16ClNO3S. The second kappa shape index (κ2) is 7.51. The van der Waals surface area contributed by atoms with Crippen molar-refractivity contribution in [2.24, 2.45) is 0 Å². The molecule has 0 aromatic carbocycles. The smallest absolute Gasteiger partial charge is 0.313 e. The molecule has 0 aliphatic rings. The van der Waals surface area contributed by atoms with Crippen molar-refractivity contribution in [3.05, 3.63) is 21.3 Å². The Morgan fingerprint density at radius 3 is 2.72 bits per heavy atom. The molecule has 0 aliphatic heterocycles. The first-order chi connectivity index (χ1) is 8.51. The van der Waals surface area contributed by atoms with Crippen molar-refractivity contribution in [2.75, 3.05) is 20.2 Å². The van der Waals surface area contributed by atoms with Gasteiger partial charge in [0.15, 0.2) is 5.78 Å². The summed E-state index contributed by atoms with van der Waals surface area (Å²) in [5.41, 5.74) is 0. The molecule has 4 nitrogen and oxygen atoms in total. The second-order valence-corrected chi connectivity index (χ2v) is 5.70. The van der Waals surface area contributed by atoms with Crippen molar-refractivity contribution in [1.82, 2.24) is 4.90 Å². The molecule has 0 N–H and O–H groups in total. The molecule has 0 spiro atoms. The van der Waals surface area contributed by atoms with Crippen LogP contribution in [0.3, 0.4) is 0 Å². The summed E-state index contributed by atoms with van der Waals surface area (Å²) in [5.74, 6) is -0.603. The number of thiophene rings is 1. The van der Waals surface area contributed by atoms with Gasteiger partial charge in [-0.1, -0.05) is 11.6 Å². The van der Waals surface area contributed by atoms with Crippen LogP contribution in [0.2, 0.25) is 4.34 Å². The molecule has 0 saturated heterocycles. The number of rotatable bonds is 7. The van der Waals surface area contributed by atoms with E-state index in [-0.39, 0.29) is 18.7 Å². The molecule has 0 saturated carbocycles. The SMILES string of the molecule is CCOC(=O)CC(=O)CN(C)Cc1ccc(Cl)s1. The topological polar surface area (TPSA) is 46.6 Å². The van der Waals surface area contributed by atoms with Crippen LogP contribution in [0.1, 0.15) is 18.2 Å². The van der Waals surface area contributed by atoms with Crippen molar-refractivity contribution >= 4 is 34.7 Å². The van der Waals surface area contributed by atoms with Crippen LogP contribution in [0.15, 0.2) is 12.1 Å². The van der Waals surface area contributed by atoms with Crippen molar-refractivity contribution < 1.29 is 14.3 Å². The first-order valence-corrected chi connectivity index (χ1v) is 6.80. The lowest BCUT2D eigenvalue weighted by Gasteiger charge is -2.14. The Bertz CT molecular complexity index is 419. The first kappa shape index (κ1) is 15.1. The average Bonchev–Trinajstić information content (AvgIpc) is 2.63. The Balaban J connectivity index is 2.33. The zero-order chi connectivity index (χ0) is 13.5. The van der Waals surface area contributed by atoms with E-state index in [0.29, 0.717) is 13.2 Å². The van der Waals surface area contributed by atoms with E-state index < -0.39 is 5.97 Å². The number of nitrogens with zero attached hydrogens (tertiary/aromatic N) is 1. The number of halogens is 1. The van der Waals surface area contributed by atoms with Gasteiger partial charge >= 0.3 is 5.97 Å². The zero-order valence-corrected chi connectivity index (χ0v) is 12.0. The third-order valence-corrected chi connectivity index (χ3v) is 3.36. The molecule has 0 bridgehead atoms. The van der Waals surface area contributed by atoms with Crippen LogP contribution < -0.4 is 0 Å². The van der Waals surface area contributed by atoms with E-state index >= 15 is 0 Å². The number of likely N-dealkylation sites (N-methyl/N-ethyl adjacent to an activating group) is 1. The molecule has 6 heteroatoms. The van der Waals surface area contributed by atoms with Crippen LogP contribution in [-0.4, -0.2) is 36.9 Å². The van der Waals surface area contributed by atoms with Crippen LogP contribution in [0.25, 0.3) is 0 Å². The molecule has 100 valence electrons. The summed E-state index contributed by atoms with van der Waals surface area (Å²) in [7, 11) is 1.83. The van der Waals surface area contributed by atoms with Crippen molar-refractivity contribution in [2.45, 2.75) is 19.9 Å². The van der Waals surface area contributed by atoms with Crippen molar-refractivity contribution in [1.29, 1.82) is 0 Å². The number of ketones is 1. The fourth-order valence-corrected chi connectivity index (χ4v) is 2.66. The number of ether oxygens (including phenoxy) is 1. The van der Waals surface area contributed by atoms with Gasteiger partial charge in [-0.3, -0.25) is 14.5 Å². The largest absolute Gasteiger partial charge is 0.466 e. The van der Waals surface area contributed by atoms with Crippen LogP contribution >= 0.6 is 22.9 Å². The minimum absolute atomic E-state index is 0.140. The van der Waals surface area contributed by atoms with Gasteiger partial charge in [-0.25, -0.2) is 0 Å².